The van der Waals surface area contributed by atoms with E-state index in [0.29, 0.717) is 16.7 Å². The molecule has 1 heterocycles. The number of pyridine rings is 1. The molecule has 0 atom stereocenters. The number of hydrogen-bond donors (Lipinski definition) is 2. The van der Waals surface area contributed by atoms with E-state index < -0.39 is 10.0 Å². The number of aromatic nitrogens is 1. The lowest BCUT2D eigenvalue weighted by Gasteiger charge is -2.10. The Morgan fingerprint density at radius 1 is 1.30 bits per heavy atom. The highest BCUT2D eigenvalue weighted by atomic mass is 79.9. The third kappa shape index (κ3) is 3.36. The van der Waals surface area contributed by atoms with Crippen LogP contribution in [0.1, 0.15) is 11.3 Å². The van der Waals surface area contributed by atoms with Gasteiger partial charge in [-0.15, -0.1) is 0 Å². The summed E-state index contributed by atoms with van der Waals surface area (Å²) in [5.74, 6) is 0. The van der Waals surface area contributed by atoms with Gasteiger partial charge >= 0.3 is 0 Å². The molecule has 0 unspecified atom stereocenters. The zero-order chi connectivity index (χ0) is 14.8. The first-order valence-electron chi connectivity index (χ1n) is 5.86. The summed E-state index contributed by atoms with van der Waals surface area (Å²) in [5.41, 5.74) is 7.60. The standard InChI is InChI=1S/C13H14BrN3O2S/c1-9-6-11(4-5-16-9)17-20(18,19)13-3-2-10(8-15)7-12(13)14/h2-7H,8,15H2,1H3,(H,16,17). The third-order valence-corrected chi connectivity index (χ3v) is 5.03. The van der Waals surface area contributed by atoms with E-state index >= 15 is 0 Å². The monoisotopic (exact) mass is 355 g/mol. The highest BCUT2D eigenvalue weighted by Gasteiger charge is 2.18. The van der Waals surface area contributed by atoms with Gasteiger partial charge in [-0.2, -0.15) is 0 Å². The van der Waals surface area contributed by atoms with Crippen molar-refractivity contribution in [3.63, 3.8) is 0 Å². The predicted octanol–water partition coefficient (Wildman–Crippen LogP) is 2.41. The molecule has 3 N–H and O–H groups in total. The minimum absolute atomic E-state index is 0.171. The van der Waals surface area contributed by atoms with Crippen LogP contribution in [-0.4, -0.2) is 13.4 Å². The zero-order valence-corrected chi connectivity index (χ0v) is 13.2. The van der Waals surface area contributed by atoms with Gasteiger partial charge < -0.3 is 5.73 Å². The molecule has 0 amide bonds. The largest absolute Gasteiger partial charge is 0.326 e. The van der Waals surface area contributed by atoms with E-state index in [1.165, 1.54) is 6.07 Å². The molecule has 0 aliphatic carbocycles. The van der Waals surface area contributed by atoms with E-state index in [2.05, 4.69) is 25.6 Å². The number of halogens is 1. The van der Waals surface area contributed by atoms with Crippen LogP contribution in [0.4, 0.5) is 5.69 Å². The lowest BCUT2D eigenvalue weighted by molar-refractivity contribution is 0.600. The smallest absolute Gasteiger partial charge is 0.263 e. The van der Waals surface area contributed by atoms with Crippen LogP contribution in [0.15, 0.2) is 45.9 Å². The Kier molecular flexibility index (Phi) is 4.42. The fourth-order valence-corrected chi connectivity index (χ4v) is 3.88. The Hall–Kier alpha value is -1.44. The molecule has 2 rings (SSSR count). The maximum absolute atomic E-state index is 12.3. The predicted molar refractivity (Wildman–Crippen MR) is 81.8 cm³/mol. The second-order valence-corrected chi connectivity index (χ2v) is 6.77. The molecule has 0 spiro atoms. The lowest BCUT2D eigenvalue weighted by atomic mass is 10.2. The van der Waals surface area contributed by atoms with Crippen molar-refractivity contribution in [3.05, 3.63) is 52.3 Å². The molecule has 0 saturated carbocycles. The van der Waals surface area contributed by atoms with Gasteiger partial charge in [-0.05, 0) is 52.7 Å². The number of nitrogens with zero attached hydrogens (tertiary/aromatic N) is 1. The number of aryl methyl sites for hydroxylation is 1. The van der Waals surface area contributed by atoms with Gasteiger partial charge in [0.05, 0.1) is 5.69 Å². The van der Waals surface area contributed by atoms with Crippen LogP contribution < -0.4 is 10.5 Å². The summed E-state index contributed by atoms with van der Waals surface area (Å²) in [7, 11) is -3.65. The Morgan fingerprint density at radius 3 is 2.65 bits per heavy atom. The third-order valence-electron chi connectivity index (χ3n) is 2.67. The van der Waals surface area contributed by atoms with E-state index in [9.17, 15) is 8.42 Å². The van der Waals surface area contributed by atoms with Crippen molar-refractivity contribution in [2.75, 3.05) is 4.72 Å². The molecule has 20 heavy (non-hydrogen) atoms. The van der Waals surface area contributed by atoms with Crippen molar-refractivity contribution < 1.29 is 8.42 Å². The quantitative estimate of drug-likeness (QED) is 0.881. The molecule has 0 radical (unpaired) electrons. The minimum Gasteiger partial charge on any atom is -0.326 e. The van der Waals surface area contributed by atoms with Gasteiger partial charge in [0.2, 0.25) is 0 Å². The molecular formula is C13H14BrN3O2S. The molecule has 106 valence electrons. The molecule has 0 bridgehead atoms. The van der Waals surface area contributed by atoms with E-state index in [-0.39, 0.29) is 4.90 Å². The van der Waals surface area contributed by atoms with Gasteiger partial charge in [-0.3, -0.25) is 9.71 Å². The molecule has 0 fully saturated rings. The van der Waals surface area contributed by atoms with Gasteiger partial charge in [0.15, 0.2) is 0 Å². The van der Waals surface area contributed by atoms with Crippen LogP contribution in [0, 0.1) is 6.92 Å². The van der Waals surface area contributed by atoms with Crippen molar-refractivity contribution in [1.82, 2.24) is 4.98 Å². The van der Waals surface area contributed by atoms with Gasteiger partial charge in [0.25, 0.3) is 10.0 Å². The molecule has 7 heteroatoms. The molecule has 0 aliphatic heterocycles. The van der Waals surface area contributed by atoms with Crippen molar-refractivity contribution in [3.8, 4) is 0 Å². The van der Waals surface area contributed by atoms with Crippen molar-refractivity contribution in [1.29, 1.82) is 0 Å². The molecule has 0 aliphatic rings. The summed E-state index contributed by atoms with van der Waals surface area (Å²) in [6, 6.07) is 8.19. The molecule has 1 aromatic carbocycles. The van der Waals surface area contributed by atoms with Crippen molar-refractivity contribution >= 4 is 31.6 Å². The van der Waals surface area contributed by atoms with Crippen molar-refractivity contribution in [2.45, 2.75) is 18.4 Å². The van der Waals surface area contributed by atoms with Crippen LogP contribution in [-0.2, 0) is 16.6 Å². The summed E-state index contributed by atoms with van der Waals surface area (Å²) in [6.45, 7) is 2.15. The Bertz CT molecular complexity index is 732. The van der Waals surface area contributed by atoms with E-state index in [0.717, 1.165) is 11.3 Å². The van der Waals surface area contributed by atoms with Gasteiger partial charge in [-0.1, -0.05) is 6.07 Å². The number of rotatable bonds is 4. The minimum atomic E-state index is -3.65. The highest BCUT2D eigenvalue weighted by molar-refractivity contribution is 9.10. The molecule has 5 nitrogen and oxygen atoms in total. The van der Waals surface area contributed by atoms with Gasteiger partial charge in [0, 0.05) is 22.9 Å². The van der Waals surface area contributed by atoms with Crippen LogP contribution in [0.2, 0.25) is 0 Å². The zero-order valence-electron chi connectivity index (χ0n) is 10.8. The van der Waals surface area contributed by atoms with Gasteiger partial charge in [0.1, 0.15) is 4.90 Å². The second kappa shape index (κ2) is 5.90. The fraction of sp³-hybridized carbons (Fsp3) is 0.154. The Morgan fingerprint density at radius 2 is 2.05 bits per heavy atom. The first-order valence-corrected chi connectivity index (χ1v) is 8.14. The maximum atomic E-state index is 12.3. The Balaban J connectivity index is 2.36. The molecule has 1 aromatic heterocycles. The number of benzene rings is 1. The first-order chi connectivity index (χ1) is 9.42. The molecule has 0 saturated heterocycles. The van der Waals surface area contributed by atoms with E-state index in [1.54, 1.807) is 37.4 Å². The number of hydrogen-bond acceptors (Lipinski definition) is 4. The highest BCUT2D eigenvalue weighted by Crippen LogP contribution is 2.25. The number of nitrogens with two attached hydrogens (primary N) is 1. The lowest BCUT2D eigenvalue weighted by Crippen LogP contribution is -2.14. The van der Waals surface area contributed by atoms with Crippen molar-refractivity contribution in [2.24, 2.45) is 5.73 Å². The van der Waals surface area contributed by atoms with Crippen LogP contribution >= 0.6 is 15.9 Å². The number of nitrogens with one attached hydrogen (secondary N) is 1. The number of anilines is 1. The first kappa shape index (κ1) is 15.0. The van der Waals surface area contributed by atoms with Crippen LogP contribution in [0.25, 0.3) is 0 Å². The van der Waals surface area contributed by atoms with Crippen LogP contribution in [0.3, 0.4) is 0 Å². The van der Waals surface area contributed by atoms with E-state index in [1.807, 2.05) is 0 Å². The SMILES string of the molecule is Cc1cc(NS(=O)(=O)c2ccc(CN)cc2Br)ccn1. The van der Waals surface area contributed by atoms with Crippen LogP contribution in [0.5, 0.6) is 0 Å². The summed E-state index contributed by atoms with van der Waals surface area (Å²) in [4.78, 5) is 4.20. The topological polar surface area (TPSA) is 85.1 Å². The maximum Gasteiger partial charge on any atom is 0.263 e. The summed E-state index contributed by atoms with van der Waals surface area (Å²) >= 11 is 3.26. The molecule has 2 aromatic rings. The summed E-state index contributed by atoms with van der Waals surface area (Å²) in [5, 5.41) is 0. The summed E-state index contributed by atoms with van der Waals surface area (Å²) in [6.07, 6.45) is 1.56. The van der Waals surface area contributed by atoms with E-state index in [4.69, 9.17) is 5.73 Å². The average molecular weight is 356 g/mol. The normalized spacial score (nSPS) is 11.3. The second-order valence-electron chi connectivity index (χ2n) is 4.26. The summed E-state index contributed by atoms with van der Waals surface area (Å²) < 4.78 is 27.7. The fourth-order valence-electron chi connectivity index (χ4n) is 1.71. The number of sulfonamides is 1. The Labute approximate surface area is 126 Å². The van der Waals surface area contributed by atoms with Gasteiger partial charge in [-0.25, -0.2) is 8.42 Å². The molecular weight excluding hydrogens is 342 g/mol. The average Bonchev–Trinajstić information content (AvgIpc) is 2.37.